The molecule has 1 rings (SSSR count). The van der Waals surface area contributed by atoms with E-state index in [-0.39, 0.29) is 12.5 Å². The highest BCUT2D eigenvalue weighted by molar-refractivity contribution is 7.78. The number of nitrogens with one attached hydrogen (secondary N) is 1. The molecule has 0 aliphatic heterocycles. The van der Waals surface area contributed by atoms with E-state index in [9.17, 15) is 4.79 Å². The largest absolute Gasteiger partial charge is 0.328 e. The monoisotopic (exact) mass is 157 g/mol. The third-order valence-electron chi connectivity index (χ3n) is 1.01. The molecule has 0 aliphatic carbocycles. The van der Waals surface area contributed by atoms with Crippen molar-refractivity contribution < 1.29 is 4.79 Å². The topological polar surface area (TPSA) is 46.9 Å². The number of aromatic nitrogens is 2. The zero-order valence-corrected chi connectivity index (χ0v) is 6.08. The van der Waals surface area contributed by atoms with Crippen molar-refractivity contribution in [3.63, 3.8) is 0 Å². The Hall–Kier alpha value is -0.970. The average Bonchev–Trinajstić information content (AvgIpc) is 2.40. The summed E-state index contributed by atoms with van der Waals surface area (Å²) < 4.78 is 3.87. The Bertz CT molecular complexity index is 209. The third kappa shape index (κ3) is 1.77. The summed E-state index contributed by atoms with van der Waals surface area (Å²) in [5, 5.41) is 0. The molecule has 1 heterocycles. The Labute approximate surface area is 63.8 Å². The maximum atomic E-state index is 10.6. The van der Waals surface area contributed by atoms with Gasteiger partial charge in [-0.1, -0.05) is 12.8 Å². The summed E-state index contributed by atoms with van der Waals surface area (Å²) in [4.78, 5) is 14.4. The van der Waals surface area contributed by atoms with Crippen LogP contribution in [0.2, 0.25) is 0 Å². The minimum Gasteiger partial charge on any atom is -0.328 e. The lowest BCUT2D eigenvalue weighted by Crippen LogP contribution is -2.18. The van der Waals surface area contributed by atoms with Gasteiger partial charge in [0, 0.05) is 12.4 Å². The van der Waals surface area contributed by atoms with Crippen molar-refractivity contribution in [2.75, 3.05) is 0 Å². The van der Waals surface area contributed by atoms with Crippen LogP contribution in [0.4, 0.5) is 0 Å². The lowest BCUT2D eigenvalue weighted by molar-refractivity contribution is -0.119. The fourth-order valence-electron chi connectivity index (χ4n) is 0.581. The lowest BCUT2D eigenvalue weighted by atomic mass is 10.6. The molecular formula is C5H7N3OS. The summed E-state index contributed by atoms with van der Waals surface area (Å²) in [6.07, 6.45) is 4.90. The van der Waals surface area contributed by atoms with Crippen LogP contribution in [0, 0.1) is 0 Å². The van der Waals surface area contributed by atoms with Gasteiger partial charge in [-0.2, -0.15) is 0 Å². The number of carbonyl (C=O) groups is 1. The zero-order valence-electron chi connectivity index (χ0n) is 5.19. The highest BCUT2D eigenvalue weighted by atomic mass is 32.1. The molecule has 0 radical (unpaired) electrons. The van der Waals surface area contributed by atoms with Crippen LogP contribution in [0.1, 0.15) is 0 Å². The first-order valence-electron chi connectivity index (χ1n) is 2.71. The van der Waals surface area contributed by atoms with E-state index in [0.717, 1.165) is 0 Å². The van der Waals surface area contributed by atoms with Crippen molar-refractivity contribution in [2.24, 2.45) is 0 Å². The summed E-state index contributed by atoms with van der Waals surface area (Å²) >= 11 is 3.59. The predicted molar refractivity (Wildman–Crippen MR) is 39.4 cm³/mol. The Kier molecular flexibility index (Phi) is 2.33. The number of rotatable bonds is 2. The van der Waals surface area contributed by atoms with Gasteiger partial charge in [-0.25, -0.2) is 4.98 Å². The summed E-state index contributed by atoms with van der Waals surface area (Å²) in [5.41, 5.74) is 0. The summed E-state index contributed by atoms with van der Waals surface area (Å²) in [5.74, 6) is -0.152. The van der Waals surface area contributed by atoms with Crippen LogP contribution < -0.4 is 4.72 Å². The number of amides is 1. The van der Waals surface area contributed by atoms with Crippen LogP contribution in [0.5, 0.6) is 0 Å². The number of nitrogens with zero attached hydrogens (tertiary/aromatic N) is 2. The fraction of sp³-hybridized carbons (Fsp3) is 0.200. The van der Waals surface area contributed by atoms with Gasteiger partial charge in [0.1, 0.15) is 6.54 Å². The van der Waals surface area contributed by atoms with Gasteiger partial charge in [0.15, 0.2) is 0 Å². The van der Waals surface area contributed by atoms with Crippen molar-refractivity contribution in [1.82, 2.24) is 14.3 Å². The first-order valence-corrected chi connectivity index (χ1v) is 3.16. The van der Waals surface area contributed by atoms with Crippen molar-refractivity contribution in [2.45, 2.75) is 6.54 Å². The second-order valence-electron chi connectivity index (χ2n) is 1.77. The summed E-state index contributed by atoms with van der Waals surface area (Å²) in [6.45, 7) is 0.267. The van der Waals surface area contributed by atoms with Crippen molar-refractivity contribution >= 4 is 18.7 Å². The number of carbonyl (C=O) groups excluding carboxylic acids is 1. The molecule has 1 aromatic rings. The van der Waals surface area contributed by atoms with E-state index in [1.165, 1.54) is 0 Å². The van der Waals surface area contributed by atoms with Crippen molar-refractivity contribution in [3.8, 4) is 0 Å². The maximum absolute atomic E-state index is 10.6. The molecule has 1 aromatic heterocycles. The molecule has 0 bridgehead atoms. The van der Waals surface area contributed by atoms with Gasteiger partial charge in [0.2, 0.25) is 5.91 Å². The summed E-state index contributed by atoms with van der Waals surface area (Å²) in [7, 11) is 0. The Morgan fingerprint density at radius 3 is 3.10 bits per heavy atom. The smallest absolute Gasteiger partial charge is 0.249 e. The first-order chi connectivity index (χ1) is 4.83. The molecule has 5 heteroatoms. The fourth-order valence-corrected chi connectivity index (χ4v) is 0.652. The highest BCUT2D eigenvalue weighted by Gasteiger charge is 1.96. The molecule has 0 saturated carbocycles. The standard InChI is InChI=1S/C5H7N3OS/c9-5(7-10)3-8-2-1-6-4-8/h1-2,4,10H,3H2,(H,7,9). The van der Waals surface area contributed by atoms with E-state index < -0.39 is 0 Å². The molecular weight excluding hydrogens is 150 g/mol. The van der Waals surface area contributed by atoms with Crippen LogP contribution in [0.15, 0.2) is 18.7 Å². The molecule has 54 valence electrons. The molecule has 0 unspecified atom stereocenters. The van der Waals surface area contributed by atoms with Crippen molar-refractivity contribution in [3.05, 3.63) is 18.7 Å². The van der Waals surface area contributed by atoms with Gasteiger partial charge < -0.3 is 9.29 Å². The molecule has 1 amide bonds. The predicted octanol–water partition coefficient (Wildman–Crippen LogP) is -0.156. The molecule has 0 saturated heterocycles. The number of hydrogen-bond acceptors (Lipinski definition) is 3. The normalized spacial score (nSPS) is 9.30. The summed E-state index contributed by atoms with van der Waals surface area (Å²) in [6, 6.07) is 0. The molecule has 1 N–H and O–H groups in total. The number of imidazole rings is 1. The van der Waals surface area contributed by atoms with Crippen LogP contribution in [0.3, 0.4) is 0 Å². The van der Waals surface area contributed by atoms with Crippen LogP contribution in [-0.4, -0.2) is 15.5 Å². The molecule has 0 spiro atoms. The van der Waals surface area contributed by atoms with Gasteiger partial charge in [-0.15, -0.1) is 0 Å². The van der Waals surface area contributed by atoms with E-state index in [4.69, 9.17) is 0 Å². The second-order valence-corrected chi connectivity index (χ2v) is 1.99. The van der Waals surface area contributed by atoms with Gasteiger partial charge >= 0.3 is 0 Å². The zero-order chi connectivity index (χ0) is 7.40. The first kappa shape index (κ1) is 7.14. The minimum atomic E-state index is -0.152. The number of hydrogen-bond donors (Lipinski definition) is 2. The Morgan fingerprint density at radius 2 is 2.60 bits per heavy atom. The molecule has 0 aromatic carbocycles. The SMILES string of the molecule is O=C(Cn1ccnc1)NS. The van der Waals surface area contributed by atoms with E-state index >= 15 is 0 Å². The second kappa shape index (κ2) is 3.26. The Morgan fingerprint density at radius 1 is 1.80 bits per heavy atom. The third-order valence-corrected chi connectivity index (χ3v) is 1.26. The van der Waals surface area contributed by atoms with Crippen LogP contribution >= 0.6 is 12.8 Å². The molecule has 4 nitrogen and oxygen atoms in total. The Balaban J connectivity index is 2.48. The van der Waals surface area contributed by atoms with E-state index in [2.05, 4.69) is 22.5 Å². The van der Waals surface area contributed by atoms with Crippen LogP contribution in [-0.2, 0) is 11.3 Å². The van der Waals surface area contributed by atoms with Gasteiger partial charge in [-0.3, -0.25) is 4.79 Å². The molecule has 10 heavy (non-hydrogen) atoms. The van der Waals surface area contributed by atoms with Gasteiger partial charge in [0.25, 0.3) is 0 Å². The van der Waals surface area contributed by atoms with E-state index in [1.54, 1.807) is 23.3 Å². The van der Waals surface area contributed by atoms with Crippen LogP contribution in [0.25, 0.3) is 0 Å². The molecule has 0 atom stereocenters. The lowest BCUT2D eigenvalue weighted by Gasteiger charge is -1.97. The van der Waals surface area contributed by atoms with Gasteiger partial charge in [-0.05, 0) is 0 Å². The quantitative estimate of drug-likeness (QED) is 0.586. The van der Waals surface area contributed by atoms with E-state index in [1.807, 2.05) is 0 Å². The molecule has 0 aliphatic rings. The highest BCUT2D eigenvalue weighted by Crippen LogP contribution is 1.84. The average molecular weight is 157 g/mol. The van der Waals surface area contributed by atoms with Crippen molar-refractivity contribution in [1.29, 1.82) is 0 Å². The maximum Gasteiger partial charge on any atom is 0.249 e. The molecule has 0 fully saturated rings. The van der Waals surface area contributed by atoms with Gasteiger partial charge in [0.05, 0.1) is 6.33 Å². The minimum absolute atomic E-state index is 0.152. The number of thiol groups is 1. The van der Waals surface area contributed by atoms with E-state index in [0.29, 0.717) is 0 Å².